The number of amides is 1. The molecule has 0 bridgehead atoms. The van der Waals surface area contributed by atoms with Crippen molar-refractivity contribution in [1.82, 2.24) is 9.88 Å². The number of β-amino-alcohol motifs (C(OH)–C–C–N with tert-alkyl or cyclic N) is 1. The van der Waals surface area contributed by atoms with E-state index in [-0.39, 0.29) is 5.91 Å². The zero-order valence-electron chi connectivity index (χ0n) is 9.16. The summed E-state index contributed by atoms with van der Waals surface area (Å²) in [5.41, 5.74) is -0.192. The van der Waals surface area contributed by atoms with E-state index in [1.165, 1.54) is 0 Å². The summed E-state index contributed by atoms with van der Waals surface area (Å²) >= 11 is 3.30. The van der Waals surface area contributed by atoms with Gasteiger partial charge in [-0.1, -0.05) is 0 Å². The van der Waals surface area contributed by atoms with Crippen LogP contribution in [0.4, 0.5) is 0 Å². The molecule has 0 aliphatic carbocycles. The second-order valence-corrected chi connectivity index (χ2v) is 5.47. The Morgan fingerprint density at radius 1 is 1.69 bits per heavy atom. The molecule has 16 heavy (non-hydrogen) atoms. The molecule has 4 nitrogen and oxygen atoms in total. The number of nitrogens with zero attached hydrogens (tertiary/aromatic N) is 1. The highest BCUT2D eigenvalue weighted by Crippen LogP contribution is 2.22. The van der Waals surface area contributed by atoms with Gasteiger partial charge in [0.05, 0.1) is 5.60 Å². The highest BCUT2D eigenvalue weighted by atomic mass is 79.9. The van der Waals surface area contributed by atoms with Crippen molar-refractivity contribution in [3.05, 3.63) is 22.4 Å². The van der Waals surface area contributed by atoms with Gasteiger partial charge in [-0.15, -0.1) is 0 Å². The summed E-state index contributed by atoms with van der Waals surface area (Å²) in [6, 6.07) is 1.76. The largest absolute Gasteiger partial charge is 0.388 e. The first kappa shape index (κ1) is 11.7. The molecule has 1 aromatic heterocycles. The zero-order chi connectivity index (χ0) is 11.8. The number of hydrogen-bond acceptors (Lipinski definition) is 2. The van der Waals surface area contributed by atoms with Crippen molar-refractivity contribution in [3.63, 3.8) is 0 Å². The van der Waals surface area contributed by atoms with Crippen LogP contribution in [0, 0.1) is 0 Å². The third kappa shape index (κ3) is 2.47. The van der Waals surface area contributed by atoms with E-state index >= 15 is 0 Å². The van der Waals surface area contributed by atoms with Crippen LogP contribution in [0.1, 0.15) is 30.3 Å². The van der Waals surface area contributed by atoms with Gasteiger partial charge in [0.1, 0.15) is 5.69 Å². The lowest BCUT2D eigenvalue weighted by molar-refractivity contribution is -0.0109. The third-order valence-electron chi connectivity index (χ3n) is 2.84. The lowest BCUT2D eigenvalue weighted by Crippen LogP contribution is -2.48. The lowest BCUT2D eigenvalue weighted by atomic mass is 9.95. The van der Waals surface area contributed by atoms with Crippen molar-refractivity contribution in [1.29, 1.82) is 0 Å². The molecule has 1 atom stereocenters. The Morgan fingerprint density at radius 2 is 2.44 bits per heavy atom. The predicted molar refractivity (Wildman–Crippen MR) is 64.3 cm³/mol. The molecule has 2 N–H and O–H groups in total. The minimum atomic E-state index is -0.752. The van der Waals surface area contributed by atoms with Gasteiger partial charge in [-0.05, 0) is 41.8 Å². The number of carbonyl (C=O) groups is 1. The van der Waals surface area contributed by atoms with Gasteiger partial charge in [-0.2, -0.15) is 0 Å². The maximum Gasteiger partial charge on any atom is 0.270 e. The highest BCUT2D eigenvalue weighted by molar-refractivity contribution is 9.10. The fourth-order valence-electron chi connectivity index (χ4n) is 2.06. The summed E-state index contributed by atoms with van der Waals surface area (Å²) in [5.74, 6) is -0.0503. The van der Waals surface area contributed by atoms with Crippen LogP contribution < -0.4 is 0 Å². The number of rotatable bonds is 1. The fourth-order valence-corrected chi connectivity index (χ4v) is 2.40. The molecule has 88 valence electrons. The molecular formula is C11H15BrN2O2. The molecule has 1 fully saturated rings. The van der Waals surface area contributed by atoms with Crippen LogP contribution in [-0.4, -0.2) is 39.6 Å². The molecule has 1 amide bonds. The number of aliphatic hydroxyl groups is 1. The van der Waals surface area contributed by atoms with E-state index in [9.17, 15) is 9.90 Å². The van der Waals surface area contributed by atoms with Crippen LogP contribution in [0.5, 0.6) is 0 Å². The van der Waals surface area contributed by atoms with Gasteiger partial charge in [0, 0.05) is 23.8 Å². The summed E-state index contributed by atoms with van der Waals surface area (Å²) < 4.78 is 0.861. The summed E-state index contributed by atoms with van der Waals surface area (Å²) in [6.45, 7) is 2.89. The van der Waals surface area contributed by atoms with E-state index in [2.05, 4.69) is 20.9 Å². The number of hydrogen-bond donors (Lipinski definition) is 2. The normalized spacial score (nSPS) is 25.8. The van der Waals surface area contributed by atoms with Crippen molar-refractivity contribution in [2.45, 2.75) is 25.4 Å². The van der Waals surface area contributed by atoms with Crippen molar-refractivity contribution in [3.8, 4) is 0 Å². The molecule has 5 heteroatoms. The summed E-state index contributed by atoms with van der Waals surface area (Å²) in [4.78, 5) is 16.7. The van der Waals surface area contributed by atoms with Crippen LogP contribution in [0.25, 0.3) is 0 Å². The van der Waals surface area contributed by atoms with Gasteiger partial charge >= 0.3 is 0 Å². The summed E-state index contributed by atoms with van der Waals surface area (Å²) in [6.07, 6.45) is 3.33. The Kier molecular flexibility index (Phi) is 3.08. The number of aromatic amines is 1. The van der Waals surface area contributed by atoms with Crippen molar-refractivity contribution >= 4 is 21.8 Å². The molecule has 1 aliphatic rings. The van der Waals surface area contributed by atoms with Crippen LogP contribution in [0.15, 0.2) is 16.7 Å². The van der Waals surface area contributed by atoms with E-state index < -0.39 is 5.60 Å². The van der Waals surface area contributed by atoms with Crippen LogP contribution >= 0.6 is 15.9 Å². The molecule has 1 aromatic rings. The minimum Gasteiger partial charge on any atom is -0.388 e. The molecule has 2 rings (SSSR count). The molecule has 0 spiro atoms. The average molecular weight is 287 g/mol. The fraction of sp³-hybridized carbons (Fsp3) is 0.545. The SMILES string of the molecule is CC1(O)CCCN(C(=O)c2cc(Br)c[nH]2)C1. The summed E-state index contributed by atoms with van der Waals surface area (Å²) in [7, 11) is 0. The number of likely N-dealkylation sites (tertiary alicyclic amines) is 1. The Bertz CT molecular complexity index is 400. The lowest BCUT2D eigenvalue weighted by Gasteiger charge is -2.36. The first-order chi connectivity index (χ1) is 7.48. The van der Waals surface area contributed by atoms with E-state index in [0.717, 1.165) is 17.3 Å². The Hall–Kier alpha value is -0.810. The molecule has 0 saturated carbocycles. The number of piperidine rings is 1. The standard InChI is InChI=1S/C11H15BrN2O2/c1-11(16)3-2-4-14(7-11)10(15)9-5-8(12)6-13-9/h5-6,13,16H,2-4,7H2,1H3. The van der Waals surface area contributed by atoms with Crippen LogP contribution in [-0.2, 0) is 0 Å². The van der Waals surface area contributed by atoms with Gasteiger partial charge in [0.25, 0.3) is 5.91 Å². The number of nitrogens with one attached hydrogen (secondary N) is 1. The molecule has 1 aliphatic heterocycles. The topological polar surface area (TPSA) is 56.3 Å². The van der Waals surface area contributed by atoms with Gasteiger partial charge in [0.2, 0.25) is 0 Å². The van der Waals surface area contributed by atoms with Crippen molar-refractivity contribution in [2.75, 3.05) is 13.1 Å². The number of halogens is 1. The van der Waals surface area contributed by atoms with Crippen molar-refractivity contribution in [2.24, 2.45) is 0 Å². The molecule has 2 heterocycles. The van der Waals surface area contributed by atoms with Crippen molar-refractivity contribution < 1.29 is 9.90 Å². The quantitative estimate of drug-likeness (QED) is 0.827. The maximum atomic E-state index is 12.1. The Balaban J connectivity index is 2.10. The monoisotopic (exact) mass is 286 g/mol. The second-order valence-electron chi connectivity index (χ2n) is 4.56. The van der Waals surface area contributed by atoms with Gasteiger partial charge in [-0.3, -0.25) is 4.79 Å². The first-order valence-electron chi connectivity index (χ1n) is 5.33. The highest BCUT2D eigenvalue weighted by Gasteiger charge is 2.31. The molecule has 0 radical (unpaired) electrons. The van der Waals surface area contributed by atoms with Crippen LogP contribution in [0.3, 0.4) is 0 Å². The number of H-pyrrole nitrogens is 1. The van der Waals surface area contributed by atoms with Gasteiger partial charge in [-0.25, -0.2) is 0 Å². The predicted octanol–water partition coefficient (Wildman–Crippen LogP) is 1.76. The summed E-state index contributed by atoms with van der Waals surface area (Å²) in [5, 5.41) is 9.93. The molecule has 1 saturated heterocycles. The van der Waals surface area contributed by atoms with E-state index in [1.807, 2.05) is 0 Å². The van der Waals surface area contributed by atoms with E-state index in [4.69, 9.17) is 0 Å². The average Bonchev–Trinajstić information content (AvgIpc) is 2.62. The molecule has 1 unspecified atom stereocenters. The first-order valence-corrected chi connectivity index (χ1v) is 6.13. The molecular weight excluding hydrogens is 272 g/mol. The Morgan fingerprint density at radius 3 is 3.00 bits per heavy atom. The van der Waals surface area contributed by atoms with E-state index in [0.29, 0.717) is 18.8 Å². The van der Waals surface area contributed by atoms with E-state index in [1.54, 1.807) is 24.1 Å². The minimum absolute atomic E-state index is 0.0503. The second kappa shape index (κ2) is 4.22. The number of carbonyl (C=O) groups excluding carboxylic acids is 1. The zero-order valence-corrected chi connectivity index (χ0v) is 10.7. The Labute approximate surface area is 103 Å². The van der Waals surface area contributed by atoms with Crippen LogP contribution in [0.2, 0.25) is 0 Å². The maximum absolute atomic E-state index is 12.1. The number of aromatic nitrogens is 1. The molecule has 0 aromatic carbocycles. The van der Waals surface area contributed by atoms with Gasteiger partial charge < -0.3 is 15.0 Å². The van der Waals surface area contributed by atoms with Gasteiger partial charge in [0.15, 0.2) is 0 Å². The smallest absolute Gasteiger partial charge is 0.270 e. The third-order valence-corrected chi connectivity index (χ3v) is 3.30.